The molecule has 0 aliphatic heterocycles. The molecule has 0 amide bonds. The van der Waals surface area contributed by atoms with Crippen LogP contribution in [0.2, 0.25) is 5.02 Å². The minimum atomic E-state index is 0. The molecule has 1 rings (SSSR count). The second kappa shape index (κ2) is 7.31. The van der Waals surface area contributed by atoms with E-state index in [1.54, 1.807) is 18.2 Å². The van der Waals surface area contributed by atoms with Crippen molar-refractivity contribution >= 4 is 45.5 Å². The van der Waals surface area contributed by atoms with Gasteiger partial charge in [-0.3, -0.25) is 4.79 Å². The van der Waals surface area contributed by atoms with Crippen LogP contribution >= 0.6 is 20.8 Å². The molecule has 0 aliphatic carbocycles. The van der Waals surface area contributed by atoms with Crippen molar-refractivity contribution in [2.45, 2.75) is 6.42 Å². The molecule has 1 unspecified atom stereocenters. The third kappa shape index (κ3) is 3.82. The number of methoxy groups -OCH3 is 1. The Morgan fingerprint density at radius 2 is 2.20 bits per heavy atom. The molecule has 1 aromatic rings. The molecule has 0 saturated heterocycles. The number of benzene rings is 1. The Morgan fingerprint density at radius 3 is 2.73 bits per heavy atom. The second-order valence-electron chi connectivity index (χ2n) is 2.78. The first-order valence-corrected chi connectivity index (χ1v) is 5.46. The van der Waals surface area contributed by atoms with Crippen LogP contribution in [0.1, 0.15) is 16.8 Å². The molecule has 0 heterocycles. The van der Waals surface area contributed by atoms with Gasteiger partial charge in [-0.25, -0.2) is 0 Å². The maximum absolute atomic E-state index is 11.7. The quantitative estimate of drug-likeness (QED) is 0.457. The van der Waals surface area contributed by atoms with E-state index in [2.05, 4.69) is 9.24 Å². The minimum Gasteiger partial charge on any atom is -0.496 e. The fourth-order valence-electron chi connectivity index (χ4n) is 1.20. The van der Waals surface area contributed by atoms with E-state index in [0.717, 1.165) is 6.16 Å². The van der Waals surface area contributed by atoms with Crippen molar-refractivity contribution in [1.82, 2.24) is 0 Å². The van der Waals surface area contributed by atoms with Crippen molar-refractivity contribution in [3.8, 4) is 5.75 Å². The van der Waals surface area contributed by atoms with Crippen molar-refractivity contribution in [3.63, 3.8) is 0 Å². The Morgan fingerprint density at radius 1 is 1.53 bits per heavy atom. The van der Waals surface area contributed by atoms with Gasteiger partial charge in [-0.15, -0.1) is 9.24 Å². The molecule has 0 bridgehead atoms. The second-order valence-corrected chi connectivity index (χ2v) is 3.76. The van der Waals surface area contributed by atoms with Crippen LogP contribution < -0.4 is 4.74 Å². The van der Waals surface area contributed by atoms with Crippen molar-refractivity contribution in [1.29, 1.82) is 0 Å². The molecular weight excluding hydrogens is 225 g/mol. The summed E-state index contributed by atoms with van der Waals surface area (Å²) in [4.78, 5) is 11.7. The largest absolute Gasteiger partial charge is 0.496 e. The number of ketones is 1. The summed E-state index contributed by atoms with van der Waals surface area (Å²) in [6.45, 7) is 0. The van der Waals surface area contributed by atoms with Gasteiger partial charge in [0, 0.05) is 25.3 Å². The number of Topliss-reactive ketones (excluding diaryl/α,β-unsaturated/α-hetero) is 1. The van der Waals surface area contributed by atoms with Crippen LogP contribution in [0.15, 0.2) is 18.2 Å². The average Bonchev–Trinajstić information content (AvgIpc) is 2.17. The monoisotopic (exact) mass is 237 g/mol. The van der Waals surface area contributed by atoms with Crippen molar-refractivity contribution < 1.29 is 9.53 Å². The van der Waals surface area contributed by atoms with Gasteiger partial charge < -0.3 is 4.74 Å². The zero-order valence-corrected chi connectivity index (χ0v) is 10.8. The predicted octanol–water partition coefficient (Wildman–Crippen LogP) is 2.42. The van der Waals surface area contributed by atoms with Gasteiger partial charge in [0.1, 0.15) is 5.75 Å². The van der Waals surface area contributed by atoms with E-state index >= 15 is 0 Å². The molecule has 5 heteroatoms. The first kappa shape index (κ1) is 15.0. The summed E-state index contributed by atoms with van der Waals surface area (Å²) in [5, 5.41) is 0.452. The van der Waals surface area contributed by atoms with Crippen LogP contribution in [0.25, 0.3) is 0 Å². The molecule has 0 spiro atoms. The third-order valence-corrected chi connectivity index (χ3v) is 2.45. The van der Waals surface area contributed by atoms with Crippen molar-refractivity contribution in [2.24, 2.45) is 0 Å². The van der Waals surface area contributed by atoms with E-state index in [4.69, 9.17) is 16.3 Å². The topological polar surface area (TPSA) is 26.3 Å². The molecule has 15 heavy (non-hydrogen) atoms. The molecule has 0 saturated carbocycles. The molecule has 1 aromatic carbocycles. The Labute approximate surface area is 109 Å². The van der Waals surface area contributed by atoms with Gasteiger partial charge in [-0.2, -0.15) is 0 Å². The van der Waals surface area contributed by atoms with Gasteiger partial charge in [0.05, 0.1) is 17.7 Å². The predicted molar refractivity (Wildman–Crippen MR) is 67.3 cm³/mol. The van der Waals surface area contributed by atoms with Gasteiger partial charge in [-0.1, -0.05) is 17.7 Å². The van der Waals surface area contributed by atoms with Crippen LogP contribution in [0, 0.1) is 0 Å². The van der Waals surface area contributed by atoms with E-state index in [1.807, 2.05) is 0 Å². The van der Waals surface area contributed by atoms with Crippen LogP contribution in [0.5, 0.6) is 5.75 Å². The summed E-state index contributed by atoms with van der Waals surface area (Å²) in [6.07, 6.45) is 1.19. The minimum absolute atomic E-state index is 0. The summed E-state index contributed by atoms with van der Waals surface area (Å²) in [6, 6.07) is 5.20. The fourth-order valence-corrected chi connectivity index (χ4v) is 1.73. The Kier molecular flexibility index (Phi) is 7.31. The SMILES string of the molecule is COc1cccc(Cl)c1C(=O)CCP.[Li]. The van der Waals surface area contributed by atoms with Gasteiger partial charge in [0.15, 0.2) is 5.78 Å². The first-order chi connectivity index (χ1) is 6.70. The van der Waals surface area contributed by atoms with Crippen LogP contribution in [0.3, 0.4) is 0 Å². The van der Waals surface area contributed by atoms with E-state index in [9.17, 15) is 4.79 Å². The molecule has 1 radical (unpaired) electrons. The number of hydrogen-bond donors (Lipinski definition) is 0. The normalized spacial score (nSPS) is 9.27. The molecule has 1 atom stereocenters. The summed E-state index contributed by atoms with van der Waals surface area (Å²) in [7, 11) is 4.05. The molecule has 0 fully saturated rings. The molecule has 77 valence electrons. The summed E-state index contributed by atoms with van der Waals surface area (Å²) in [5.74, 6) is 0.559. The van der Waals surface area contributed by atoms with Gasteiger partial charge in [0.25, 0.3) is 0 Å². The number of ether oxygens (including phenoxy) is 1. The van der Waals surface area contributed by atoms with Gasteiger partial charge in [0.2, 0.25) is 0 Å². The van der Waals surface area contributed by atoms with Gasteiger partial charge >= 0.3 is 0 Å². The Balaban J connectivity index is 0.00000196. The number of halogens is 1. The zero-order valence-electron chi connectivity index (χ0n) is 8.92. The Hall–Kier alpha value is 0.00740. The number of carbonyl (C=O) groups is 1. The summed E-state index contributed by atoms with van der Waals surface area (Å²) >= 11 is 5.93. The van der Waals surface area contributed by atoms with Crippen molar-refractivity contribution in [3.05, 3.63) is 28.8 Å². The zero-order chi connectivity index (χ0) is 10.6. The number of hydrogen-bond acceptors (Lipinski definition) is 2. The van der Waals surface area contributed by atoms with Crippen LogP contribution in [-0.4, -0.2) is 37.9 Å². The van der Waals surface area contributed by atoms with Crippen molar-refractivity contribution in [2.75, 3.05) is 13.3 Å². The fraction of sp³-hybridized carbons (Fsp3) is 0.300. The molecule has 0 N–H and O–H groups in total. The number of rotatable bonds is 4. The maximum atomic E-state index is 11.7. The van der Waals surface area contributed by atoms with Gasteiger partial charge in [-0.05, 0) is 18.3 Å². The smallest absolute Gasteiger partial charge is 0.168 e. The van der Waals surface area contributed by atoms with E-state index in [-0.39, 0.29) is 24.6 Å². The molecule has 0 aliphatic rings. The molecular formula is C10H12ClLiO2P. The summed E-state index contributed by atoms with van der Waals surface area (Å²) < 4.78 is 5.08. The maximum Gasteiger partial charge on any atom is 0.168 e. The van der Waals surface area contributed by atoms with E-state index in [1.165, 1.54) is 7.11 Å². The van der Waals surface area contributed by atoms with E-state index in [0.29, 0.717) is 22.8 Å². The summed E-state index contributed by atoms with van der Waals surface area (Å²) in [5.41, 5.74) is 0.485. The molecule has 2 nitrogen and oxygen atoms in total. The first-order valence-electron chi connectivity index (χ1n) is 4.26. The third-order valence-electron chi connectivity index (χ3n) is 1.85. The van der Waals surface area contributed by atoms with Crippen LogP contribution in [-0.2, 0) is 0 Å². The standard InChI is InChI=1S/C10H12ClO2P.Li/c1-13-9-4-2-3-7(11)10(9)8(12)5-6-14;/h2-4H,5-6,14H2,1H3;. The average molecular weight is 238 g/mol. The van der Waals surface area contributed by atoms with E-state index < -0.39 is 0 Å². The van der Waals surface area contributed by atoms with Crippen LogP contribution in [0.4, 0.5) is 0 Å². The number of carbonyl (C=O) groups excluding carboxylic acids is 1. The Bertz CT molecular complexity index is 344. The molecule has 0 aromatic heterocycles.